The molecule has 0 aliphatic heterocycles. The summed E-state index contributed by atoms with van der Waals surface area (Å²) < 4.78 is 40.6. The van der Waals surface area contributed by atoms with Crippen LogP contribution in [0.4, 0.5) is 13.2 Å². The van der Waals surface area contributed by atoms with Gasteiger partial charge in [-0.05, 0) is 50.0 Å². The fourth-order valence-electron chi connectivity index (χ4n) is 3.33. The second kappa shape index (κ2) is 8.93. The SMILES string of the molecule is CC1C(F)=C(F)C(F)=CC1NC(=O)c1ccc(Cl)c(SC2CCC(O)CC2)c1. The van der Waals surface area contributed by atoms with E-state index >= 15 is 0 Å². The van der Waals surface area contributed by atoms with Gasteiger partial charge in [0, 0.05) is 21.6 Å². The molecule has 2 atom stereocenters. The first kappa shape index (κ1) is 21.3. The van der Waals surface area contributed by atoms with Crippen molar-refractivity contribution < 1.29 is 23.1 Å². The monoisotopic (exact) mass is 431 g/mol. The van der Waals surface area contributed by atoms with Gasteiger partial charge in [0.1, 0.15) is 5.83 Å². The molecule has 0 radical (unpaired) electrons. The predicted octanol–water partition coefficient (Wildman–Crippen LogP) is 5.49. The molecule has 152 valence electrons. The van der Waals surface area contributed by atoms with Crippen molar-refractivity contribution in [1.82, 2.24) is 5.32 Å². The van der Waals surface area contributed by atoms with Crippen LogP contribution in [-0.2, 0) is 0 Å². The Balaban J connectivity index is 1.71. The van der Waals surface area contributed by atoms with Gasteiger partial charge in [-0.15, -0.1) is 11.8 Å². The van der Waals surface area contributed by atoms with Crippen LogP contribution in [0.15, 0.2) is 46.7 Å². The lowest BCUT2D eigenvalue weighted by Gasteiger charge is -2.26. The number of carbonyl (C=O) groups excluding carboxylic acids is 1. The van der Waals surface area contributed by atoms with Crippen molar-refractivity contribution in [2.75, 3.05) is 0 Å². The molecule has 2 N–H and O–H groups in total. The molecule has 0 heterocycles. The molecule has 28 heavy (non-hydrogen) atoms. The average molecular weight is 432 g/mol. The number of carbonyl (C=O) groups is 1. The largest absolute Gasteiger partial charge is 0.393 e. The highest BCUT2D eigenvalue weighted by atomic mass is 35.5. The summed E-state index contributed by atoms with van der Waals surface area (Å²) in [4.78, 5) is 13.3. The summed E-state index contributed by atoms with van der Waals surface area (Å²) in [6.07, 6.45) is 3.82. The zero-order valence-corrected chi connectivity index (χ0v) is 16.8. The first-order chi connectivity index (χ1) is 13.3. The molecular formula is C20H21ClF3NO2S. The third-order valence-corrected chi connectivity index (χ3v) is 6.95. The summed E-state index contributed by atoms with van der Waals surface area (Å²) in [5.41, 5.74) is 0.305. The Morgan fingerprint density at radius 2 is 1.89 bits per heavy atom. The zero-order chi connectivity index (χ0) is 20.4. The molecule has 0 saturated heterocycles. The smallest absolute Gasteiger partial charge is 0.251 e. The number of hydrogen-bond acceptors (Lipinski definition) is 3. The minimum absolute atomic E-state index is 0.255. The Hall–Kier alpha value is -1.44. The second-order valence-electron chi connectivity index (χ2n) is 7.16. The molecule has 1 fully saturated rings. The van der Waals surface area contributed by atoms with Crippen LogP contribution in [0.3, 0.4) is 0 Å². The van der Waals surface area contributed by atoms with Gasteiger partial charge in [0.25, 0.3) is 5.91 Å². The topological polar surface area (TPSA) is 49.3 Å². The molecule has 2 unspecified atom stereocenters. The Morgan fingerprint density at radius 3 is 2.57 bits per heavy atom. The number of amides is 1. The van der Waals surface area contributed by atoms with Gasteiger partial charge < -0.3 is 10.4 Å². The van der Waals surface area contributed by atoms with Crippen LogP contribution in [-0.4, -0.2) is 28.4 Å². The molecule has 1 saturated carbocycles. The van der Waals surface area contributed by atoms with Crippen molar-refractivity contribution in [2.45, 2.75) is 54.9 Å². The zero-order valence-electron chi connectivity index (χ0n) is 15.2. The lowest BCUT2D eigenvalue weighted by atomic mass is 9.94. The molecule has 0 spiro atoms. The van der Waals surface area contributed by atoms with E-state index in [0.717, 1.165) is 36.7 Å². The molecule has 8 heteroatoms. The van der Waals surface area contributed by atoms with Crippen LogP contribution in [0, 0.1) is 5.92 Å². The number of hydrogen-bond donors (Lipinski definition) is 2. The molecular weight excluding hydrogens is 411 g/mol. The number of allylic oxidation sites excluding steroid dienone is 2. The Labute approximate surface area is 171 Å². The number of thioether (sulfide) groups is 1. The van der Waals surface area contributed by atoms with Crippen LogP contribution in [0.1, 0.15) is 43.0 Å². The van der Waals surface area contributed by atoms with E-state index in [1.807, 2.05) is 0 Å². The Kier molecular flexibility index (Phi) is 6.78. The highest BCUT2D eigenvalue weighted by Crippen LogP contribution is 2.38. The molecule has 0 bridgehead atoms. The van der Waals surface area contributed by atoms with E-state index in [-0.39, 0.29) is 6.10 Å². The maximum atomic E-state index is 13.8. The number of aliphatic hydroxyl groups is 1. The third kappa shape index (κ3) is 4.75. The fraction of sp³-hybridized carbons (Fsp3) is 0.450. The van der Waals surface area contributed by atoms with E-state index in [4.69, 9.17) is 11.6 Å². The van der Waals surface area contributed by atoms with Gasteiger partial charge in [-0.3, -0.25) is 4.79 Å². The van der Waals surface area contributed by atoms with Crippen molar-refractivity contribution in [2.24, 2.45) is 5.92 Å². The van der Waals surface area contributed by atoms with E-state index in [1.165, 1.54) is 13.0 Å². The number of rotatable bonds is 4. The molecule has 0 aromatic heterocycles. The summed E-state index contributed by atoms with van der Waals surface area (Å²) in [5.74, 6) is -5.56. The molecule has 2 aliphatic carbocycles. The van der Waals surface area contributed by atoms with E-state index in [2.05, 4.69) is 5.32 Å². The Bertz CT molecular complexity index is 822. The average Bonchev–Trinajstić information content (AvgIpc) is 2.67. The normalized spacial score (nSPS) is 28.1. The maximum absolute atomic E-state index is 13.8. The van der Waals surface area contributed by atoms with Gasteiger partial charge in [0.15, 0.2) is 11.7 Å². The van der Waals surface area contributed by atoms with Gasteiger partial charge in [0.05, 0.1) is 17.2 Å². The minimum atomic E-state index is -1.51. The first-order valence-corrected chi connectivity index (χ1v) is 10.4. The lowest BCUT2D eigenvalue weighted by Crippen LogP contribution is -2.40. The number of benzene rings is 1. The van der Waals surface area contributed by atoms with Crippen LogP contribution in [0.5, 0.6) is 0 Å². The maximum Gasteiger partial charge on any atom is 0.251 e. The summed E-state index contributed by atoms with van der Waals surface area (Å²) >= 11 is 7.82. The highest BCUT2D eigenvalue weighted by molar-refractivity contribution is 8.00. The standard InChI is InChI=1S/C20H21ClF3NO2S/c1-10-16(9-15(22)19(24)18(10)23)25-20(27)11-2-7-14(21)17(8-11)28-13-5-3-12(26)4-6-13/h2,7-10,12-13,16,26H,3-6H2,1H3,(H,25,27). The van der Waals surface area contributed by atoms with Gasteiger partial charge >= 0.3 is 0 Å². The fourth-order valence-corrected chi connectivity index (χ4v) is 4.82. The van der Waals surface area contributed by atoms with E-state index < -0.39 is 35.3 Å². The van der Waals surface area contributed by atoms with Crippen molar-refractivity contribution in [3.8, 4) is 0 Å². The van der Waals surface area contributed by atoms with Gasteiger partial charge in [-0.2, -0.15) is 0 Å². The van der Waals surface area contributed by atoms with E-state index in [1.54, 1.807) is 23.9 Å². The second-order valence-corrected chi connectivity index (χ2v) is 8.91. The summed E-state index contributed by atoms with van der Waals surface area (Å²) in [6, 6.07) is 3.80. The third-order valence-electron chi connectivity index (χ3n) is 5.11. The van der Waals surface area contributed by atoms with Crippen molar-refractivity contribution in [1.29, 1.82) is 0 Å². The number of halogens is 4. The molecule has 1 amide bonds. The summed E-state index contributed by atoms with van der Waals surface area (Å²) in [7, 11) is 0. The minimum Gasteiger partial charge on any atom is -0.393 e. The molecule has 2 aliphatic rings. The highest BCUT2D eigenvalue weighted by Gasteiger charge is 2.31. The Morgan fingerprint density at radius 1 is 1.21 bits per heavy atom. The molecule has 1 aromatic carbocycles. The van der Waals surface area contributed by atoms with Crippen molar-refractivity contribution in [3.05, 3.63) is 52.3 Å². The summed E-state index contributed by atoms with van der Waals surface area (Å²) in [6.45, 7) is 1.38. The predicted molar refractivity (Wildman–Crippen MR) is 104 cm³/mol. The number of aliphatic hydroxyl groups excluding tert-OH is 1. The molecule has 3 nitrogen and oxygen atoms in total. The van der Waals surface area contributed by atoms with Gasteiger partial charge in [-0.25, -0.2) is 13.2 Å². The number of nitrogens with one attached hydrogen (secondary N) is 1. The molecule has 1 aromatic rings. The molecule has 3 rings (SSSR count). The summed E-state index contributed by atoms with van der Waals surface area (Å²) in [5, 5.41) is 13.0. The van der Waals surface area contributed by atoms with Crippen LogP contribution in [0.2, 0.25) is 5.02 Å². The lowest BCUT2D eigenvalue weighted by molar-refractivity contribution is 0.0934. The van der Waals surface area contributed by atoms with Gasteiger partial charge in [0.2, 0.25) is 0 Å². The van der Waals surface area contributed by atoms with Gasteiger partial charge in [-0.1, -0.05) is 18.5 Å². The van der Waals surface area contributed by atoms with E-state index in [0.29, 0.717) is 15.8 Å². The van der Waals surface area contributed by atoms with Crippen molar-refractivity contribution >= 4 is 29.3 Å². The van der Waals surface area contributed by atoms with Crippen LogP contribution < -0.4 is 5.32 Å². The van der Waals surface area contributed by atoms with Crippen molar-refractivity contribution in [3.63, 3.8) is 0 Å². The van der Waals surface area contributed by atoms with Crippen LogP contribution in [0.25, 0.3) is 0 Å². The quantitative estimate of drug-likeness (QED) is 0.663. The van der Waals surface area contributed by atoms with E-state index in [9.17, 15) is 23.1 Å². The van der Waals surface area contributed by atoms with Crippen LogP contribution >= 0.6 is 23.4 Å². The first-order valence-electron chi connectivity index (χ1n) is 9.14.